The fourth-order valence-electron chi connectivity index (χ4n) is 3.52. The van der Waals surface area contributed by atoms with Gasteiger partial charge in [0.05, 0.1) is 24.3 Å². The number of aliphatic hydroxyl groups excluding tert-OH is 1. The van der Waals surface area contributed by atoms with E-state index in [0.29, 0.717) is 20.8 Å². The molecule has 2 aromatic rings. The monoisotopic (exact) mass is 513 g/mol. The van der Waals surface area contributed by atoms with Crippen LogP contribution in [0.3, 0.4) is 0 Å². The summed E-state index contributed by atoms with van der Waals surface area (Å²) in [7, 11) is 1.87. The Balaban J connectivity index is 0.00000187. The van der Waals surface area contributed by atoms with E-state index in [1.165, 1.54) is 0 Å². The Morgan fingerprint density at radius 2 is 1.73 bits per heavy atom. The van der Waals surface area contributed by atoms with Crippen LogP contribution < -0.4 is 15.4 Å². The number of nitrogens with zero attached hydrogens (tertiary/aromatic N) is 2. The van der Waals surface area contributed by atoms with Crippen molar-refractivity contribution in [3.63, 3.8) is 0 Å². The van der Waals surface area contributed by atoms with E-state index >= 15 is 0 Å². The SMILES string of the molecule is CC.CCCCC[NH+](C)NC(=O)C1=NN(c2ccc(Cl)cc2Cl)C(c2ccc(Cl)cc2)C1O. The number of hydrogen-bond acceptors (Lipinski definition) is 4. The molecule has 1 aliphatic heterocycles. The van der Waals surface area contributed by atoms with Gasteiger partial charge in [0.2, 0.25) is 0 Å². The minimum atomic E-state index is -1.16. The van der Waals surface area contributed by atoms with Gasteiger partial charge in [0.15, 0.2) is 5.71 Å². The summed E-state index contributed by atoms with van der Waals surface area (Å²) in [6.45, 7) is 6.92. The van der Waals surface area contributed by atoms with Crippen LogP contribution >= 0.6 is 34.8 Å². The normalized spacial score (nSPS) is 18.3. The molecule has 2 aromatic carbocycles. The molecule has 180 valence electrons. The Kier molecular flexibility index (Phi) is 10.9. The van der Waals surface area contributed by atoms with Crippen LogP contribution in [0.5, 0.6) is 0 Å². The number of quaternary nitrogens is 1. The smallest absolute Gasteiger partial charge is 0.314 e. The largest absolute Gasteiger partial charge is 0.384 e. The second-order valence-corrected chi connectivity index (χ2v) is 8.84. The number of halogens is 3. The van der Waals surface area contributed by atoms with Crippen LogP contribution in [0.25, 0.3) is 0 Å². The number of unbranched alkanes of at least 4 members (excludes halogenated alkanes) is 2. The van der Waals surface area contributed by atoms with Gasteiger partial charge >= 0.3 is 5.91 Å². The Labute approximate surface area is 211 Å². The average molecular weight is 515 g/mol. The van der Waals surface area contributed by atoms with Crippen LogP contribution in [-0.2, 0) is 4.79 Å². The Bertz CT molecular complexity index is 953. The maximum Gasteiger partial charge on any atom is 0.314 e. The number of benzene rings is 2. The molecule has 0 bridgehead atoms. The number of aliphatic hydroxyl groups is 1. The van der Waals surface area contributed by atoms with Crippen molar-refractivity contribution in [2.24, 2.45) is 5.10 Å². The number of nitrogens with one attached hydrogen (secondary N) is 2. The summed E-state index contributed by atoms with van der Waals surface area (Å²) in [4.78, 5) is 12.9. The highest BCUT2D eigenvalue weighted by molar-refractivity contribution is 6.41. The summed E-state index contributed by atoms with van der Waals surface area (Å²) in [5, 5.41) is 19.4. The van der Waals surface area contributed by atoms with E-state index in [-0.39, 0.29) is 5.71 Å². The van der Waals surface area contributed by atoms with Crippen molar-refractivity contribution in [2.45, 2.75) is 52.2 Å². The van der Waals surface area contributed by atoms with Crippen LogP contribution in [0.15, 0.2) is 47.6 Å². The van der Waals surface area contributed by atoms with Gasteiger partial charge in [-0.2, -0.15) is 10.5 Å². The third-order valence-electron chi connectivity index (χ3n) is 5.14. The third kappa shape index (κ3) is 7.08. The van der Waals surface area contributed by atoms with Crippen molar-refractivity contribution in [3.05, 3.63) is 63.1 Å². The van der Waals surface area contributed by atoms with Gasteiger partial charge in [0, 0.05) is 10.0 Å². The average Bonchev–Trinajstić information content (AvgIpc) is 3.13. The van der Waals surface area contributed by atoms with Crippen molar-refractivity contribution < 1.29 is 14.9 Å². The highest BCUT2D eigenvalue weighted by Gasteiger charge is 2.42. The van der Waals surface area contributed by atoms with E-state index in [1.807, 2.05) is 20.9 Å². The first-order chi connectivity index (χ1) is 15.8. The lowest BCUT2D eigenvalue weighted by Gasteiger charge is -2.27. The van der Waals surface area contributed by atoms with E-state index in [1.54, 1.807) is 47.5 Å². The number of hydrogen-bond donors (Lipinski definition) is 3. The number of carbonyl (C=O) groups excluding carboxylic acids is 1. The molecule has 0 aromatic heterocycles. The molecule has 1 amide bonds. The summed E-state index contributed by atoms with van der Waals surface area (Å²) in [5.74, 6) is -0.423. The zero-order valence-corrected chi connectivity index (χ0v) is 21.7. The minimum absolute atomic E-state index is 0.0285. The van der Waals surface area contributed by atoms with E-state index in [2.05, 4.69) is 17.5 Å². The van der Waals surface area contributed by atoms with Crippen LogP contribution in [0.4, 0.5) is 5.69 Å². The summed E-state index contributed by atoms with van der Waals surface area (Å²) >= 11 is 18.5. The molecule has 9 heteroatoms. The topological polar surface area (TPSA) is 69.4 Å². The van der Waals surface area contributed by atoms with Crippen molar-refractivity contribution in [1.82, 2.24) is 5.43 Å². The highest BCUT2D eigenvalue weighted by Crippen LogP contribution is 2.40. The van der Waals surface area contributed by atoms with Gasteiger partial charge in [0.1, 0.15) is 12.1 Å². The molecule has 33 heavy (non-hydrogen) atoms. The van der Waals surface area contributed by atoms with Crippen LogP contribution in [0, 0.1) is 0 Å². The molecule has 3 atom stereocenters. The van der Waals surface area contributed by atoms with Crippen molar-refractivity contribution in [2.75, 3.05) is 18.6 Å². The summed E-state index contributed by atoms with van der Waals surface area (Å²) in [6.07, 6.45) is 2.04. The van der Waals surface area contributed by atoms with Crippen LogP contribution in [0.2, 0.25) is 15.1 Å². The van der Waals surface area contributed by atoms with Crippen LogP contribution in [0.1, 0.15) is 51.6 Å². The number of amides is 1. The summed E-state index contributed by atoms with van der Waals surface area (Å²) < 4.78 is 0. The predicted octanol–water partition coefficient (Wildman–Crippen LogP) is 4.69. The Hall–Kier alpha value is -1.83. The number of hydrazone groups is 1. The lowest BCUT2D eigenvalue weighted by atomic mass is 9.98. The molecule has 0 aliphatic carbocycles. The lowest BCUT2D eigenvalue weighted by molar-refractivity contribution is -0.916. The fourth-order valence-corrected chi connectivity index (χ4v) is 4.14. The zero-order valence-electron chi connectivity index (χ0n) is 19.4. The van der Waals surface area contributed by atoms with Crippen molar-refractivity contribution >= 4 is 52.1 Å². The first-order valence-electron chi connectivity index (χ1n) is 11.2. The fraction of sp³-hybridized carbons (Fsp3) is 0.417. The molecule has 0 saturated carbocycles. The zero-order chi connectivity index (χ0) is 24.5. The molecule has 6 nitrogen and oxygen atoms in total. The number of anilines is 1. The molecule has 0 radical (unpaired) electrons. The van der Waals surface area contributed by atoms with Crippen LogP contribution in [-0.4, -0.2) is 36.4 Å². The Morgan fingerprint density at radius 1 is 1.09 bits per heavy atom. The summed E-state index contributed by atoms with van der Waals surface area (Å²) in [5.41, 5.74) is 4.19. The second-order valence-electron chi connectivity index (χ2n) is 7.56. The molecule has 3 rings (SSSR count). The van der Waals surface area contributed by atoms with Crippen molar-refractivity contribution in [3.8, 4) is 0 Å². The molecule has 1 heterocycles. The molecule has 0 fully saturated rings. The first-order valence-corrected chi connectivity index (χ1v) is 12.3. The maximum atomic E-state index is 12.9. The lowest BCUT2D eigenvalue weighted by Crippen LogP contribution is -3.16. The first kappa shape index (κ1) is 27.4. The van der Waals surface area contributed by atoms with Gasteiger partial charge in [0.25, 0.3) is 0 Å². The van der Waals surface area contributed by atoms with Gasteiger partial charge in [-0.25, -0.2) is 5.01 Å². The predicted molar refractivity (Wildman–Crippen MR) is 137 cm³/mol. The third-order valence-corrected chi connectivity index (χ3v) is 5.93. The molecule has 0 saturated heterocycles. The van der Waals surface area contributed by atoms with E-state index in [4.69, 9.17) is 34.8 Å². The van der Waals surface area contributed by atoms with Gasteiger partial charge in [-0.15, -0.1) is 0 Å². The molecule has 3 unspecified atom stereocenters. The molecule has 0 spiro atoms. The van der Waals surface area contributed by atoms with E-state index < -0.39 is 18.1 Å². The number of rotatable bonds is 8. The van der Waals surface area contributed by atoms with E-state index in [9.17, 15) is 9.90 Å². The standard InChI is InChI=1S/C22H25Cl3N4O2.C2H6/c1-3-4-5-12-28(2)27-22(31)19-21(30)20(14-6-8-15(23)9-7-14)29(26-19)18-11-10-16(24)13-17(18)25;1-2/h6-11,13,20-21,30H,3-5,12H2,1-2H3,(H,27,31);1-2H3/p+1. The molecule has 1 aliphatic rings. The minimum Gasteiger partial charge on any atom is -0.384 e. The molecular formula is C24H32Cl3N4O2+. The maximum absolute atomic E-state index is 12.9. The quantitative estimate of drug-likeness (QED) is 0.354. The van der Waals surface area contributed by atoms with Gasteiger partial charge in [-0.3, -0.25) is 9.80 Å². The van der Waals surface area contributed by atoms with Gasteiger partial charge in [-0.05, 0) is 48.7 Å². The number of carbonyl (C=O) groups is 1. The summed E-state index contributed by atoms with van der Waals surface area (Å²) in [6, 6.07) is 11.4. The Morgan fingerprint density at radius 3 is 2.33 bits per heavy atom. The van der Waals surface area contributed by atoms with Gasteiger partial charge in [-0.1, -0.05) is 74.1 Å². The van der Waals surface area contributed by atoms with Gasteiger partial charge < -0.3 is 5.11 Å². The molecule has 3 N–H and O–H groups in total. The van der Waals surface area contributed by atoms with E-state index in [0.717, 1.165) is 36.4 Å². The molecular weight excluding hydrogens is 483 g/mol. The second kappa shape index (κ2) is 13.2. The highest BCUT2D eigenvalue weighted by atomic mass is 35.5. The van der Waals surface area contributed by atoms with Crippen molar-refractivity contribution in [1.29, 1.82) is 0 Å².